The molecule has 2 atom stereocenters. The predicted molar refractivity (Wildman–Crippen MR) is 83.2 cm³/mol. The monoisotopic (exact) mass is 273 g/mol. The molecule has 0 amide bonds. The minimum absolute atomic E-state index is 0.525. The maximum absolute atomic E-state index is 5.38. The lowest BCUT2D eigenvalue weighted by Crippen LogP contribution is -2.36. The number of methoxy groups -OCH3 is 1. The first-order valence-electron chi connectivity index (χ1n) is 8.21. The molecule has 0 aromatic heterocycles. The lowest BCUT2D eigenvalue weighted by atomic mass is 9.84. The third-order valence-corrected chi connectivity index (χ3v) is 5.25. The summed E-state index contributed by atoms with van der Waals surface area (Å²) in [7, 11) is 1.75. The number of benzene rings is 1. The summed E-state index contributed by atoms with van der Waals surface area (Å²) in [5.41, 5.74) is 2.96. The molecule has 2 nitrogen and oxygen atoms in total. The maximum Gasteiger partial charge on any atom is 0.119 e. The van der Waals surface area contributed by atoms with E-state index in [-0.39, 0.29) is 0 Å². The lowest BCUT2D eigenvalue weighted by molar-refractivity contribution is 0.264. The van der Waals surface area contributed by atoms with Crippen molar-refractivity contribution in [2.75, 3.05) is 7.11 Å². The SMILES string of the molecule is COc1ccc2c(c1)C(N[C@@H](C)C1CCCCC1)CC2. The third-order valence-electron chi connectivity index (χ3n) is 5.25. The van der Waals surface area contributed by atoms with Crippen LogP contribution < -0.4 is 10.1 Å². The molecule has 0 heterocycles. The summed E-state index contributed by atoms with van der Waals surface area (Å²) in [6.07, 6.45) is 9.54. The zero-order chi connectivity index (χ0) is 13.9. The maximum atomic E-state index is 5.38. The van der Waals surface area contributed by atoms with E-state index in [9.17, 15) is 0 Å². The minimum Gasteiger partial charge on any atom is -0.497 e. The summed E-state index contributed by atoms with van der Waals surface area (Å²) in [5, 5.41) is 3.90. The second-order valence-electron chi connectivity index (χ2n) is 6.51. The molecule has 1 unspecified atom stereocenters. The van der Waals surface area contributed by atoms with Gasteiger partial charge in [0.1, 0.15) is 5.75 Å². The van der Waals surface area contributed by atoms with Gasteiger partial charge >= 0.3 is 0 Å². The van der Waals surface area contributed by atoms with E-state index in [1.807, 2.05) is 0 Å². The molecule has 2 aliphatic rings. The van der Waals surface area contributed by atoms with E-state index < -0.39 is 0 Å². The molecule has 1 aromatic carbocycles. The molecule has 1 N–H and O–H groups in total. The van der Waals surface area contributed by atoms with Crippen LogP contribution >= 0.6 is 0 Å². The van der Waals surface area contributed by atoms with E-state index in [1.165, 1.54) is 56.1 Å². The largest absolute Gasteiger partial charge is 0.497 e. The fourth-order valence-electron chi connectivity index (χ4n) is 3.97. The Bertz CT molecular complexity index is 451. The molecule has 0 aliphatic heterocycles. The van der Waals surface area contributed by atoms with Crippen LogP contribution in [0.25, 0.3) is 0 Å². The number of aryl methyl sites for hydroxylation is 1. The highest BCUT2D eigenvalue weighted by Crippen LogP contribution is 2.35. The van der Waals surface area contributed by atoms with Gasteiger partial charge in [-0.2, -0.15) is 0 Å². The van der Waals surface area contributed by atoms with Crippen LogP contribution in [-0.2, 0) is 6.42 Å². The van der Waals surface area contributed by atoms with Crippen LogP contribution in [0.5, 0.6) is 5.75 Å². The van der Waals surface area contributed by atoms with E-state index in [1.54, 1.807) is 7.11 Å². The number of hydrogen-bond donors (Lipinski definition) is 1. The van der Waals surface area contributed by atoms with Gasteiger partial charge in [0.2, 0.25) is 0 Å². The summed E-state index contributed by atoms with van der Waals surface area (Å²) < 4.78 is 5.38. The molecule has 0 saturated heterocycles. The van der Waals surface area contributed by atoms with Crippen LogP contribution in [0.2, 0.25) is 0 Å². The summed E-state index contributed by atoms with van der Waals surface area (Å²) in [6, 6.07) is 7.72. The van der Waals surface area contributed by atoms with Gasteiger partial charge in [-0.25, -0.2) is 0 Å². The van der Waals surface area contributed by atoms with Gasteiger partial charge in [-0.15, -0.1) is 0 Å². The molecule has 2 heteroatoms. The zero-order valence-electron chi connectivity index (χ0n) is 12.8. The molecule has 2 aliphatic carbocycles. The van der Waals surface area contributed by atoms with E-state index in [2.05, 4.69) is 30.4 Å². The van der Waals surface area contributed by atoms with Crippen molar-refractivity contribution in [3.8, 4) is 5.75 Å². The van der Waals surface area contributed by atoms with Crippen molar-refractivity contribution < 1.29 is 4.74 Å². The van der Waals surface area contributed by atoms with Crippen LogP contribution in [-0.4, -0.2) is 13.2 Å². The van der Waals surface area contributed by atoms with Crippen molar-refractivity contribution >= 4 is 0 Å². The van der Waals surface area contributed by atoms with Gasteiger partial charge in [0, 0.05) is 12.1 Å². The Morgan fingerprint density at radius 2 is 1.95 bits per heavy atom. The fraction of sp³-hybridized carbons (Fsp3) is 0.667. The average Bonchev–Trinajstić information content (AvgIpc) is 2.90. The van der Waals surface area contributed by atoms with Crippen LogP contribution in [0.1, 0.15) is 62.6 Å². The summed E-state index contributed by atoms with van der Waals surface area (Å²) >= 11 is 0. The molecular weight excluding hydrogens is 246 g/mol. The van der Waals surface area contributed by atoms with Crippen LogP contribution in [0, 0.1) is 5.92 Å². The molecule has 0 bridgehead atoms. The normalized spacial score (nSPS) is 24.4. The Kier molecular flexibility index (Phi) is 4.30. The van der Waals surface area contributed by atoms with Crippen molar-refractivity contribution in [2.24, 2.45) is 5.92 Å². The molecule has 1 fully saturated rings. The van der Waals surface area contributed by atoms with E-state index in [0.717, 1.165) is 11.7 Å². The van der Waals surface area contributed by atoms with Gasteiger partial charge in [-0.3, -0.25) is 0 Å². The third kappa shape index (κ3) is 2.85. The van der Waals surface area contributed by atoms with E-state index in [4.69, 9.17) is 4.74 Å². The van der Waals surface area contributed by atoms with Crippen LogP contribution in [0.4, 0.5) is 0 Å². The zero-order valence-corrected chi connectivity index (χ0v) is 12.8. The van der Waals surface area contributed by atoms with Gasteiger partial charge in [0.05, 0.1) is 7.11 Å². The first kappa shape index (κ1) is 13.9. The Hall–Kier alpha value is -1.02. The Morgan fingerprint density at radius 3 is 2.70 bits per heavy atom. The van der Waals surface area contributed by atoms with Crippen molar-refractivity contribution in [1.29, 1.82) is 0 Å². The van der Waals surface area contributed by atoms with Crippen LogP contribution in [0.3, 0.4) is 0 Å². The number of ether oxygens (including phenoxy) is 1. The molecule has 0 radical (unpaired) electrons. The van der Waals surface area contributed by atoms with Crippen molar-refractivity contribution in [3.05, 3.63) is 29.3 Å². The quantitative estimate of drug-likeness (QED) is 0.886. The summed E-state index contributed by atoms with van der Waals surface area (Å²) in [5.74, 6) is 1.86. The number of nitrogens with one attached hydrogen (secondary N) is 1. The van der Waals surface area contributed by atoms with Gasteiger partial charge in [-0.1, -0.05) is 25.3 Å². The Labute approximate surface area is 122 Å². The van der Waals surface area contributed by atoms with Crippen molar-refractivity contribution in [1.82, 2.24) is 5.32 Å². The second kappa shape index (κ2) is 6.17. The lowest BCUT2D eigenvalue weighted by Gasteiger charge is -2.31. The second-order valence-corrected chi connectivity index (χ2v) is 6.51. The first-order valence-corrected chi connectivity index (χ1v) is 8.21. The van der Waals surface area contributed by atoms with Gasteiger partial charge in [-0.05, 0) is 61.8 Å². The standard InChI is InChI=1S/C18H27NO/c1-13(14-6-4-3-5-7-14)19-18-11-9-15-8-10-16(20-2)12-17(15)18/h8,10,12-14,18-19H,3-7,9,11H2,1-2H3/t13-,18?/m0/s1. The van der Waals surface area contributed by atoms with E-state index >= 15 is 0 Å². The average molecular weight is 273 g/mol. The van der Waals surface area contributed by atoms with Gasteiger partial charge < -0.3 is 10.1 Å². The van der Waals surface area contributed by atoms with Crippen LogP contribution in [0.15, 0.2) is 18.2 Å². The molecule has 1 aromatic rings. The number of fused-ring (bicyclic) bond motifs is 1. The smallest absolute Gasteiger partial charge is 0.119 e. The predicted octanol–water partition coefficient (Wildman–Crippen LogP) is 4.24. The first-order chi connectivity index (χ1) is 9.78. The van der Waals surface area contributed by atoms with Gasteiger partial charge in [0.25, 0.3) is 0 Å². The van der Waals surface area contributed by atoms with Gasteiger partial charge in [0.15, 0.2) is 0 Å². The Morgan fingerprint density at radius 1 is 1.15 bits per heavy atom. The highest BCUT2D eigenvalue weighted by atomic mass is 16.5. The molecule has 1 saturated carbocycles. The molecule has 0 spiro atoms. The number of rotatable bonds is 4. The Balaban J connectivity index is 1.67. The highest BCUT2D eigenvalue weighted by molar-refractivity contribution is 5.40. The molecule has 3 rings (SSSR count). The summed E-state index contributed by atoms with van der Waals surface area (Å²) in [4.78, 5) is 0. The van der Waals surface area contributed by atoms with Crippen molar-refractivity contribution in [2.45, 2.75) is 64.0 Å². The molecular formula is C18H27NO. The van der Waals surface area contributed by atoms with Crippen molar-refractivity contribution in [3.63, 3.8) is 0 Å². The fourth-order valence-corrected chi connectivity index (χ4v) is 3.97. The molecule has 110 valence electrons. The minimum atomic E-state index is 0.525. The van der Waals surface area contributed by atoms with E-state index in [0.29, 0.717) is 12.1 Å². The highest BCUT2D eigenvalue weighted by Gasteiger charge is 2.27. The molecule has 20 heavy (non-hydrogen) atoms. The number of hydrogen-bond acceptors (Lipinski definition) is 2. The summed E-state index contributed by atoms with van der Waals surface area (Å²) in [6.45, 7) is 2.38. The topological polar surface area (TPSA) is 21.3 Å².